The van der Waals surface area contributed by atoms with Crippen molar-refractivity contribution in [2.24, 2.45) is 7.05 Å². The van der Waals surface area contributed by atoms with Crippen LogP contribution in [0.5, 0.6) is 0 Å². The Bertz CT molecular complexity index is 667. The molecule has 5 heteroatoms. The molecule has 22 heavy (non-hydrogen) atoms. The van der Waals surface area contributed by atoms with Gasteiger partial charge in [0.15, 0.2) is 0 Å². The number of hydrogen-bond donors (Lipinski definition) is 0. The van der Waals surface area contributed by atoms with E-state index >= 15 is 0 Å². The van der Waals surface area contributed by atoms with Crippen LogP contribution >= 0.6 is 0 Å². The lowest BCUT2D eigenvalue weighted by Gasteiger charge is -2.39. The van der Waals surface area contributed by atoms with Crippen molar-refractivity contribution in [2.45, 2.75) is 43.7 Å². The Morgan fingerprint density at radius 1 is 1.09 bits per heavy atom. The molecule has 4 heterocycles. The van der Waals surface area contributed by atoms with E-state index in [4.69, 9.17) is 0 Å². The van der Waals surface area contributed by atoms with E-state index in [9.17, 15) is 4.79 Å². The summed E-state index contributed by atoms with van der Waals surface area (Å²) in [6.07, 6.45) is 9.59. The summed E-state index contributed by atoms with van der Waals surface area (Å²) in [4.78, 5) is 18.9. The average Bonchev–Trinajstić information content (AvgIpc) is 3.08. The monoisotopic (exact) mass is 296 g/mol. The number of carbonyl (C=O) groups excluding carboxylic acids is 1. The van der Waals surface area contributed by atoms with Crippen LogP contribution in [0, 0.1) is 0 Å². The summed E-state index contributed by atoms with van der Waals surface area (Å²) < 4.78 is 1.98. The van der Waals surface area contributed by atoms with Crippen molar-refractivity contribution in [3.63, 3.8) is 0 Å². The van der Waals surface area contributed by atoms with Crippen LogP contribution in [0.15, 0.2) is 36.8 Å². The lowest BCUT2D eigenvalue weighted by Crippen LogP contribution is -2.46. The summed E-state index contributed by atoms with van der Waals surface area (Å²) in [5, 5.41) is 4.29. The van der Waals surface area contributed by atoms with E-state index in [1.807, 2.05) is 30.1 Å². The van der Waals surface area contributed by atoms with Crippen LogP contribution in [0.1, 0.15) is 47.7 Å². The fourth-order valence-corrected chi connectivity index (χ4v) is 4.18. The molecule has 5 nitrogen and oxygen atoms in total. The number of piperidine rings is 1. The van der Waals surface area contributed by atoms with Gasteiger partial charge in [-0.1, -0.05) is 0 Å². The highest BCUT2D eigenvalue weighted by Crippen LogP contribution is 2.43. The Labute approximate surface area is 130 Å². The van der Waals surface area contributed by atoms with Gasteiger partial charge in [-0.2, -0.15) is 5.10 Å². The third-order valence-electron chi connectivity index (χ3n) is 5.17. The van der Waals surface area contributed by atoms with E-state index in [1.54, 1.807) is 12.4 Å². The molecule has 2 aromatic rings. The summed E-state index contributed by atoms with van der Waals surface area (Å²) in [5.74, 6) is 0.685. The van der Waals surface area contributed by atoms with Crippen molar-refractivity contribution in [1.29, 1.82) is 0 Å². The smallest absolute Gasteiger partial charge is 0.254 e. The second-order valence-electron chi connectivity index (χ2n) is 6.38. The maximum absolute atomic E-state index is 12.8. The molecule has 1 amide bonds. The standard InChI is InChI=1S/C17H20N4O/c1-20-16(6-9-19-20)13-10-14-2-3-15(11-13)21(14)17(22)12-4-7-18-8-5-12/h4-9,13-15H,2-3,10-11H2,1H3/t13?,14-,15+. The van der Waals surface area contributed by atoms with Crippen LogP contribution in [-0.4, -0.2) is 37.7 Å². The summed E-state index contributed by atoms with van der Waals surface area (Å²) in [5.41, 5.74) is 2.05. The van der Waals surface area contributed by atoms with Crippen molar-refractivity contribution in [1.82, 2.24) is 19.7 Å². The number of pyridine rings is 1. The first-order valence-corrected chi connectivity index (χ1v) is 7.94. The van der Waals surface area contributed by atoms with Crippen LogP contribution in [-0.2, 0) is 7.05 Å². The molecule has 0 radical (unpaired) electrons. The second kappa shape index (κ2) is 5.23. The quantitative estimate of drug-likeness (QED) is 0.855. The molecule has 3 atom stereocenters. The summed E-state index contributed by atoms with van der Waals surface area (Å²) in [6.45, 7) is 0. The van der Waals surface area contributed by atoms with Crippen LogP contribution in [0.3, 0.4) is 0 Å². The highest BCUT2D eigenvalue weighted by atomic mass is 16.2. The summed E-state index contributed by atoms with van der Waals surface area (Å²) >= 11 is 0. The lowest BCUT2D eigenvalue weighted by atomic mass is 9.87. The highest BCUT2D eigenvalue weighted by molar-refractivity contribution is 5.94. The normalized spacial score (nSPS) is 27.1. The van der Waals surface area contributed by atoms with Gasteiger partial charge in [0.25, 0.3) is 5.91 Å². The van der Waals surface area contributed by atoms with Crippen LogP contribution in [0.25, 0.3) is 0 Å². The average molecular weight is 296 g/mol. The van der Waals surface area contributed by atoms with Crippen LogP contribution in [0.2, 0.25) is 0 Å². The van der Waals surface area contributed by atoms with E-state index in [1.165, 1.54) is 5.69 Å². The molecule has 0 N–H and O–H groups in total. The number of carbonyl (C=O) groups is 1. The Balaban J connectivity index is 1.57. The van der Waals surface area contributed by atoms with Gasteiger partial charge in [0, 0.05) is 54.9 Å². The third-order valence-corrected chi connectivity index (χ3v) is 5.17. The molecule has 2 aliphatic heterocycles. The van der Waals surface area contributed by atoms with Gasteiger partial charge in [-0.3, -0.25) is 14.5 Å². The van der Waals surface area contributed by atoms with Gasteiger partial charge in [0.2, 0.25) is 0 Å². The molecule has 2 aromatic heterocycles. The maximum Gasteiger partial charge on any atom is 0.254 e. The molecule has 0 aromatic carbocycles. The first-order valence-electron chi connectivity index (χ1n) is 7.94. The molecule has 0 spiro atoms. The predicted octanol–water partition coefficient (Wildman–Crippen LogP) is 2.37. The molecule has 2 fully saturated rings. The SMILES string of the molecule is Cn1nccc1C1C[C@H]2CC[C@@H](C1)N2C(=O)c1ccncc1. The third kappa shape index (κ3) is 2.12. The minimum atomic E-state index is 0.165. The van der Waals surface area contributed by atoms with E-state index in [-0.39, 0.29) is 5.91 Å². The summed E-state index contributed by atoms with van der Waals surface area (Å²) in [7, 11) is 2.01. The van der Waals surface area contributed by atoms with Gasteiger partial charge in [-0.15, -0.1) is 0 Å². The molecule has 2 bridgehead atoms. The fourth-order valence-electron chi connectivity index (χ4n) is 4.18. The van der Waals surface area contributed by atoms with Gasteiger partial charge >= 0.3 is 0 Å². The first-order chi connectivity index (χ1) is 10.7. The van der Waals surface area contributed by atoms with E-state index < -0.39 is 0 Å². The highest BCUT2D eigenvalue weighted by Gasteiger charge is 2.44. The van der Waals surface area contributed by atoms with Crippen molar-refractivity contribution >= 4 is 5.91 Å². The molecule has 4 rings (SSSR count). The Morgan fingerprint density at radius 2 is 1.77 bits per heavy atom. The topological polar surface area (TPSA) is 51.0 Å². The number of aromatic nitrogens is 3. The molecule has 114 valence electrons. The predicted molar refractivity (Wildman–Crippen MR) is 82.4 cm³/mol. The molecule has 2 saturated heterocycles. The number of fused-ring (bicyclic) bond motifs is 2. The van der Waals surface area contributed by atoms with Crippen LogP contribution < -0.4 is 0 Å². The molecule has 0 aliphatic carbocycles. The molecule has 0 saturated carbocycles. The molecular weight excluding hydrogens is 276 g/mol. The number of aryl methyl sites for hydroxylation is 1. The number of amides is 1. The van der Waals surface area contributed by atoms with Gasteiger partial charge in [-0.05, 0) is 43.9 Å². The van der Waals surface area contributed by atoms with E-state index in [0.717, 1.165) is 31.2 Å². The van der Waals surface area contributed by atoms with E-state index in [2.05, 4.69) is 21.0 Å². The van der Waals surface area contributed by atoms with Gasteiger partial charge in [0.1, 0.15) is 0 Å². The fraction of sp³-hybridized carbons (Fsp3) is 0.471. The van der Waals surface area contributed by atoms with Gasteiger partial charge in [0.05, 0.1) is 0 Å². The molecule has 2 aliphatic rings. The Kier molecular flexibility index (Phi) is 3.21. The minimum absolute atomic E-state index is 0.165. The zero-order valence-electron chi connectivity index (χ0n) is 12.7. The Morgan fingerprint density at radius 3 is 2.36 bits per heavy atom. The molecule has 1 unspecified atom stereocenters. The minimum Gasteiger partial charge on any atom is -0.333 e. The number of nitrogens with zero attached hydrogens (tertiary/aromatic N) is 4. The second-order valence-corrected chi connectivity index (χ2v) is 6.38. The van der Waals surface area contributed by atoms with Gasteiger partial charge in [-0.25, -0.2) is 0 Å². The zero-order valence-corrected chi connectivity index (χ0v) is 12.7. The largest absolute Gasteiger partial charge is 0.333 e. The van der Waals surface area contributed by atoms with Crippen molar-refractivity contribution < 1.29 is 4.79 Å². The van der Waals surface area contributed by atoms with Crippen molar-refractivity contribution in [2.75, 3.05) is 0 Å². The van der Waals surface area contributed by atoms with Gasteiger partial charge < -0.3 is 4.90 Å². The zero-order chi connectivity index (χ0) is 15.1. The first kappa shape index (κ1) is 13.5. The van der Waals surface area contributed by atoms with Crippen molar-refractivity contribution in [3.8, 4) is 0 Å². The number of hydrogen-bond acceptors (Lipinski definition) is 3. The van der Waals surface area contributed by atoms with Crippen LogP contribution in [0.4, 0.5) is 0 Å². The molecular formula is C17H20N4O. The Hall–Kier alpha value is -2.17. The van der Waals surface area contributed by atoms with Crippen molar-refractivity contribution in [3.05, 3.63) is 48.0 Å². The summed E-state index contributed by atoms with van der Waals surface area (Å²) in [6, 6.07) is 6.47. The van der Waals surface area contributed by atoms with E-state index in [0.29, 0.717) is 18.0 Å². The maximum atomic E-state index is 12.8. The lowest BCUT2D eigenvalue weighted by molar-refractivity contribution is 0.0568. The number of rotatable bonds is 2.